The van der Waals surface area contributed by atoms with Gasteiger partial charge in [-0.1, -0.05) is 6.07 Å². The van der Waals surface area contributed by atoms with Crippen LogP contribution in [0.1, 0.15) is 5.82 Å². The maximum Gasteiger partial charge on any atom is 0.188 e. The van der Waals surface area contributed by atoms with E-state index in [-0.39, 0.29) is 6.54 Å². The van der Waals surface area contributed by atoms with Gasteiger partial charge in [-0.05, 0) is 17.3 Å². The summed E-state index contributed by atoms with van der Waals surface area (Å²) < 4.78 is 0. The maximum absolute atomic E-state index is 5.34. The zero-order valence-electron chi connectivity index (χ0n) is 6.83. The van der Waals surface area contributed by atoms with Gasteiger partial charge in [-0.15, -0.1) is 15.0 Å². The largest absolute Gasteiger partial charge is 0.324 e. The lowest BCUT2D eigenvalue weighted by molar-refractivity contribution is 0.698. The Morgan fingerprint density at radius 2 is 2.31 bits per heavy atom. The lowest BCUT2D eigenvalue weighted by Crippen LogP contribution is -2.03. The van der Waals surface area contributed by atoms with Crippen molar-refractivity contribution in [2.24, 2.45) is 5.73 Å². The molecule has 2 aromatic rings. The highest BCUT2D eigenvalue weighted by Crippen LogP contribution is 1.97. The van der Waals surface area contributed by atoms with Gasteiger partial charge in [0.25, 0.3) is 0 Å². The average Bonchev–Trinajstić information content (AvgIpc) is 2.67. The van der Waals surface area contributed by atoms with Crippen LogP contribution in [0.2, 0.25) is 0 Å². The van der Waals surface area contributed by atoms with E-state index in [1.807, 2.05) is 12.1 Å². The number of nitrogens with zero attached hydrogens (tertiary/aromatic N) is 5. The van der Waals surface area contributed by atoms with Crippen LogP contribution in [0.3, 0.4) is 0 Å². The molecule has 0 fully saturated rings. The van der Waals surface area contributed by atoms with Gasteiger partial charge in [0.05, 0.1) is 6.54 Å². The molecule has 2 heterocycles. The van der Waals surface area contributed by atoms with Gasteiger partial charge < -0.3 is 5.73 Å². The molecule has 0 aliphatic heterocycles. The number of pyridine rings is 1. The molecule has 0 radical (unpaired) electrons. The van der Waals surface area contributed by atoms with E-state index >= 15 is 0 Å². The normalized spacial score (nSPS) is 10.2. The molecule has 0 unspecified atom stereocenters. The van der Waals surface area contributed by atoms with Crippen LogP contribution < -0.4 is 5.73 Å². The van der Waals surface area contributed by atoms with Crippen molar-refractivity contribution in [2.75, 3.05) is 0 Å². The standard InChI is InChI=1S/C7H8N6/c8-5-6-10-12-13(11-6)7-3-1-2-4-9-7/h1-4H,5,8H2. The molecule has 6 nitrogen and oxygen atoms in total. The van der Waals surface area contributed by atoms with Crippen molar-refractivity contribution >= 4 is 0 Å². The van der Waals surface area contributed by atoms with E-state index < -0.39 is 0 Å². The van der Waals surface area contributed by atoms with E-state index in [0.29, 0.717) is 11.6 Å². The van der Waals surface area contributed by atoms with Gasteiger partial charge in [0.1, 0.15) is 0 Å². The van der Waals surface area contributed by atoms with Crippen molar-refractivity contribution in [1.29, 1.82) is 0 Å². The Kier molecular flexibility index (Phi) is 1.97. The third-order valence-corrected chi connectivity index (χ3v) is 1.49. The summed E-state index contributed by atoms with van der Waals surface area (Å²) >= 11 is 0. The molecule has 0 aliphatic rings. The minimum Gasteiger partial charge on any atom is -0.324 e. The summed E-state index contributed by atoms with van der Waals surface area (Å²) in [5, 5.41) is 11.5. The Hall–Kier alpha value is -1.82. The average molecular weight is 176 g/mol. The van der Waals surface area contributed by atoms with Crippen molar-refractivity contribution < 1.29 is 0 Å². The highest BCUT2D eigenvalue weighted by atomic mass is 15.6. The Morgan fingerprint density at radius 3 is 2.92 bits per heavy atom. The molecule has 2 N–H and O–H groups in total. The maximum atomic E-state index is 5.34. The van der Waals surface area contributed by atoms with Crippen LogP contribution in [0, 0.1) is 0 Å². The van der Waals surface area contributed by atoms with E-state index in [9.17, 15) is 0 Å². The van der Waals surface area contributed by atoms with E-state index in [4.69, 9.17) is 5.73 Å². The van der Waals surface area contributed by atoms with Crippen molar-refractivity contribution in [2.45, 2.75) is 6.54 Å². The van der Waals surface area contributed by atoms with Crippen LogP contribution in [0.5, 0.6) is 0 Å². The molecular weight excluding hydrogens is 168 g/mol. The second-order valence-electron chi connectivity index (χ2n) is 2.39. The van der Waals surface area contributed by atoms with Gasteiger partial charge in [0.2, 0.25) is 0 Å². The summed E-state index contributed by atoms with van der Waals surface area (Å²) in [6, 6.07) is 5.47. The smallest absolute Gasteiger partial charge is 0.188 e. The summed E-state index contributed by atoms with van der Waals surface area (Å²) in [6.45, 7) is 0.285. The number of rotatable bonds is 2. The number of aromatic nitrogens is 5. The first-order valence-electron chi connectivity index (χ1n) is 3.80. The Morgan fingerprint density at radius 1 is 1.38 bits per heavy atom. The van der Waals surface area contributed by atoms with E-state index in [1.54, 1.807) is 12.3 Å². The predicted molar refractivity (Wildman–Crippen MR) is 44.8 cm³/mol. The summed E-state index contributed by atoms with van der Waals surface area (Å²) in [6.07, 6.45) is 1.67. The van der Waals surface area contributed by atoms with Gasteiger partial charge in [-0.2, -0.15) is 0 Å². The topological polar surface area (TPSA) is 82.5 Å². The Bertz CT molecular complexity index is 381. The van der Waals surface area contributed by atoms with E-state index in [2.05, 4.69) is 20.4 Å². The molecular formula is C7H8N6. The number of nitrogens with two attached hydrogens (primary N) is 1. The van der Waals surface area contributed by atoms with Gasteiger partial charge >= 0.3 is 0 Å². The molecule has 66 valence electrons. The predicted octanol–water partition coefficient (Wildman–Crippen LogP) is -0.484. The molecule has 0 amide bonds. The number of hydrogen-bond donors (Lipinski definition) is 1. The fourth-order valence-electron chi connectivity index (χ4n) is 0.894. The van der Waals surface area contributed by atoms with Gasteiger partial charge in [-0.25, -0.2) is 4.98 Å². The summed E-state index contributed by atoms with van der Waals surface area (Å²) in [4.78, 5) is 5.40. The summed E-state index contributed by atoms with van der Waals surface area (Å²) in [5.74, 6) is 1.14. The van der Waals surface area contributed by atoms with Crippen LogP contribution in [0.15, 0.2) is 24.4 Å². The minimum absolute atomic E-state index is 0.285. The van der Waals surface area contributed by atoms with Crippen LogP contribution in [0.4, 0.5) is 0 Å². The monoisotopic (exact) mass is 176 g/mol. The van der Waals surface area contributed by atoms with Crippen molar-refractivity contribution in [3.63, 3.8) is 0 Å². The highest BCUT2D eigenvalue weighted by molar-refractivity contribution is 5.16. The van der Waals surface area contributed by atoms with Gasteiger partial charge in [0, 0.05) is 6.20 Å². The highest BCUT2D eigenvalue weighted by Gasteiger charge is 2.02. The quantitative estimate of drug-likeness (QED) is 0.668. The first-order valence-corrected chi connectivity index (χ1v) is 3.80. The second-order valence-corrected chi connectivity index (χ2v) is 2.39. The van der Waals surface area contributed by atoms with Crippen LogP contribution in [-0.2, 0) is 6.54 Å². The Balaban J connectivity index is 2.36. The first-order chi connectivity index (χ1) is 6.40. The van der Waals surface area contributed by atoms with E-state index in [1.165, 1.54) is 4.80 Å². The number of tetrazole rings is 1. The molecule has 0 atom stereocenters. The zero-order chi connectivity index (χ0) is 9.10. The molecule has 0 bridgehead atoms. The Labute approximate surface area is 74.4 Å². The molecule has 0 spiro atoms. The first kappa shape index (κ1) is 7.81. The van der Waals surface area contributed by atoms with E-state index in [0.717, 1.165) is 0 Å². The molecule has 0 aliphatic carbocycles. The fourth-order valence-corrected chi connectivity index (χ4v) is 0.894. The lowest BCUT2D eigenvalue weighted by Gasteiger charge is -1.93. The molecule has 0 aromatic carbocycles. The van der Waals surface area contributed by atoms with Crippen molar-refractivity contribution in [1.82, 2.24) is 25.2 Å². The molecule has 0 saturated heterocycles. The third kappa shape index (κ3) is 1.52. The minimum atomic E-state index is 0.285. The summed E-state index contributed by atoms with van der Waals surface area (Å²) in [5.41, 5.74) is 5.34. The lowest BCUT2D eigenvalue weighted by atomic mass is 10.5. The zero-order valence-corrected chi connectivity index (χ0v) is 6.83. The molecule has 2 rings (SSSR count). The van der Waals surface area contributed by atoms with Crippen LogP contribution in [-0.4, -0.2) is 25.2 Å². The second kappa shape index (κ2) is 3.28. The fraction of sp³-hybridized carbons (Fsp3) is 0.143. The molecule has 6 heteroatoms. The number of hydrogen-bond acceptors (Lipinski definition) is 5. The summed E-state index contributed by atoms with van der Waals surface area (Å²) in [7, 11) is 0. The van der Waals surface area contributed by atoms with Crippen LogP contribution in [0.25, 0.3) is 5.82 Å². The van der Waals surface area contributed by atoms with Crippen molar-refractivity contribution in [3.05, 3.63) is 30.2 Å². The SMILES string of the molecule is NCc1nnn(-c2ccccn2)n1. The molecule has 0 saturated carbocycles. The van der Waals surface area contributed by atoms with Gasteiger partial charge in [0.15, 0.2) is 11.6 Å². The van der Waals surface area contributed by atoms with Gasteiger partial charge in [-0.3, -0.25) is 0 Å². The third-order valence-electron chi connectivity index (χ3n) is 1.49. The van der Waals surface area contributed by atoms with Crippen LogP contribution >= 0.6 is 0 Å². The molecule has 13 heavy (non-hydrogen) atoms. The van der Waals surface area contributed by atoms with Crippen molar-refractivity contribution in [3.8, 4) is 5.82 Å². The molecule has 2 aromatic heterocycles.